The molecule has 0 aromatic carbocycles. The number of aromatic nitrogens is 1. The number of pyridine rings is 1. The van der Waals surface area contributed by atoms with Gasteiger partial charge in [0.1, 0.15) is 0 Å². The Morgan fingerprint density at radius 3 is 2.67 bits per heavy atom. The fraction of sp³-hybridized carbons (Fsp3) is 0.583. The zero-order chi connectivity index (χ0) is 11.1. The highest BCUT2D eigenvalue weighted by Crippen LogP contribution is 1.95. The van der Waals surface area contributed by atoms with E-state index in [-0.39, 0.29) is 5.43 Å². The van der Waals surface area contributed by atoms with Gasteiger partial charge in [0.15, 0.2) is 5.43 Å². The Hall–Kier alpha value is -1.09. The lowest BCUT2D eigenvalue weighted by Gasteiger charge is -2.13. The molecule has 1 N–H and O–H groups in total. The standard InChI is InChI=1S/C12H20N2O/c1-3-7-13-11(2)4-8-14-9-5-12(15)6-10-14/h5-6,9-11,13H,3-4,7-8H2,1-2H3. The van der Waals surface area contributed by atoms with E-state index >= 15 is 0 Å². The van der Waals surface area contributed by atoms with E-state index in [1.165, 1.54) is 6.42 Å². The summed E-state index contributed by atoms with van der Waals surface area (Å²) in [6.45, 7) is 6.39. The normalized spacial score (nSPS) is 12.7. The second kappa shape index (κ2) is 6.40. The molecule has 3 nitrogen and oxygen atoms in total. The number of nitrogens with zero attached hydrogens (tertiary/aromatic N) is 1. The average Bonchev–Trinajstić information content (AvgIpc) is 2.25. The molecule has 0 aliphatic heterocycles. The number of aryl methyl sites for hydroxylation is 1. The molecule has 1 unspecified atom stereocenters. The van der Waals surface area contributed by atoms with Crippen LogP contribution in [0.5, 0.6) is 0 Å². The van der Waals surface area contributed by atoms with Gasteiger partial charge in [0, 0.05) is 37.1 Å². The monoisotopic (exact) mass is 208 g/mol. The van der Waals surface area contributed by atoms with E-state index in [0.717, 1.165) is 19.5 Å². The molecule has 1 aromatic heterocycles. The highest BCUT2D eigenvalue weighted by Gasteiger charge is 1.99. The van der Waals surface area contributed by atoms with Crippen molar-refractivity contribution in [2.24, 2.45) is 0 Å². The molecule has 0 saturated heterocycles. The van der Waals surface area contributed by atoms with Gasteiger partial charge in [0.25, 0.3) is 0 Å². The van der Waals surface area contributed by atoms with Crippen LogP contribution in [0.3, 0.4) is 0 Å². The minimum absolute atomic E-state index is 0.0726. The number of hydrogen-bond acceptors (Lipinski definition) is 2. The van der Waals surface area contributed by atoms with Crippen molar-refractivity contribution >= 4 is 0 Å². The van der Waals surface area contributed by atoms with Crippen LogP contribution in [-0.4, -0.2) is 17.2 Å². The van der Waals surface area contributed by atoms with Gasteiger partial charge in [0.2, 0.25) is 0 Å². The van der Waals surface area contributed by atoms with Crippen molar-refractivity contribution in [1.29, 1.82) is 0 Å². The van der Waals surface area contributed by atoms with Gasteiger partial charge in [-0.1, -0.05) is 6.92 Å². The van der Waals surface area contributed by atoms with Crippen LogP contribution in [-0.2, 0) is 6.54 Å². The predicted octanol–water partition coefficient (Wildman–Crippen LogP) is 1.63. The molecule has 0 bridgehead atoms. The van der Waals surface area contributed by atoms with E-state index in [2.05, 4.69) is 19.2 Å². The van der Waals surface area contributed by atoms with Crippen molar-refractivity contribution < 1.29 is 0 Å². The zero-order valence-corrected chi connectivity index (χ0v) is 9.57. The Bertz CT molecular complexity index is 312. The summed E-state index contributed by atoms with van der Waals surface area (Å²) in [5, 5.41) is 3.44. The Balaban J connectivity index is 2.30. The van der Waals surface area contributed by atoms with Gasteiger partial charge < -0.3 is 9.88 Å². The first kappa shape index (κ1) is 12.0. The van der Waals surface area contributed by atoms with Crippen LogP contribution >= 0.6 is 0 Å². The van der Waals surface area contributed by atoms with Crippen molar-refractivity contribution in [3.63, 3.8) is 0 Å². The third-order valence-corrected chi connectivity index (χ3v) is 2.42. The molecule has 1 rings (SSSR count). The molecule has 0 fully saturated rings. The summed E-state index contributed by atoms with van der Waals surface area (Å²) in [6.07, 6.45) is 5.94. The molecule has 0 spiro atoms. The lowest BCUT2D eigenvalue weighted by Crippen LogP contribution is -2.27. The van der Waals surface area contributed by atoms with Crippen LogP contribution in [0.2, 0.25) is 0 Å². The van der Waals surface area contributed by atoms with Gasteiger partial charge >= 0.3 is 0 Å². The van der Waals surface area contributed by atoms with Crippen LogP contribution in [0, 0.1) is 0 Å². The van der Waals surface area contributed by atoms with E-state index in [4.69, 9.17) is 0 Å². The van der Waals surface area contributed by atoms with Crippen LogP contribution < -0.4 is 10.7 Å². The Morgan fingerprint density at radius 1 is 1.40 bits per heavy atom. The molecule has 0 aliphatic carbocycles. The van der Waals surface area contributed by atoms with Crippen molar-refractivity contribution in [2.75, 3.05) is 6.54 Å². The number of nitrogens with one attached hydrogen (secondary N) is 1. The molecule has 0 aliphatic rings. The molecular weight excluding hydrogens is 188 g/mol. The zero-order valence-electron chi connectivity index (χ0n) is 9.57. The van der Waals surface area contributed by atoms with E-state index in [0.29, 0.717) is 6.04 Å². The lowest BCUT2D eigenvalue weighted by atomic mass is 10.2. The molecule has 0 radical (unpaired) electrons. The maximum absolute atomic E-state index is 10.9. The quantitative estimate of drug-likeness (QED) is 0.771. The number of rotatable bonds is 6. The smallest absolute Gasteiger partial charge is 0.181 e. The SMILES string of the molecule is CCCNC(C)CCn1ccc(=O)cc1. The van der Waals surface area contributed by atoms with Crippen LogP contribution in [0.25, 0.3) is 0 Å². The summed E-state index contributed by atoms with van der Waals surface area (Å²) in [5.41, 5.74) is 0.0726. The Morgan fingerprint density at radius 2 is 2.07 bits per heavy atom. The lowest BCUT2D eigenvalue weighted by molar-refractivity contribution is 0.475. The minimum Gasteiger partial charge on any atom is -0.354 e. The van der Waals surface area contributed by atoms with Gasteiger partial charge in [-0.2, -0.15) is 0 Å². The summed E-state index contributed by atoms with van der Waals surface area (Å²) in [5.74, 6) is 0. The van der Waals surface area contributed by atoms with Crippen LogP contribution in [0.15, 0.2) is 29.3 Å². The second-order valence-corrected chi connectivity index (χ2v) is 3.92. The van der Waals surface area contributed by atoms with Crippen molar-refractivity contribution in [3.05, 3.63) is 34.7 Å². The highest BCUT2D eigenvalue weighted by molar-refractivity contribution is 4.93. The second-order valence-electron chi connectivity index (χ2n) is 3.92. The summed E-state index contributed by atoms with van der Waals surface area (Å²) >= 11 is 0. The van der Waals surface area contributed by atoms with E-state index in [9.17, 15) is 4.79 Å². The first-order valence-electron chi connectivity index (χ1n) is 5.62. The first-order chi connectivity index (χ1) is 7.22. The van der Waals surface area contributed by atoms with Gasteiger partial charge in [-0.15, -0.1) is 0 Å². The van der Waals surface area contributed by atoms with Gasteiger partial charge in [0.05, 0.1) is 0 Å². The summed E-state index contributed by atoms with van der Waals surface area (Å²) < 4.78 is 2.05. The third-order valence-electron chi connectivity index (χ3n) is 2.42. The largest absolute Gasteiger partial charge is 0.354 e. The van der Waals surface area contributed by atoms with Crippen LogP contribution in [0.1, 0.15) is 26.7 Å². The molecule has 3 heteroatoms. The third kappa shape index (κ3) is 4.79. The van der Waals surface area contributed by atoms with E-state index in [1.54, 1.807) is 12.1 Å². The average molecular weight is 208 g/mol. The van der Waals surface area contributed by atoms with Gasteiger partial charge in [-0.05, 0) is 26.3 Å². The first-order valence-corrected chi connectivity index (χ1v) is 5.62. The van der Waals surface area contributed by atoms with E-state index < -0.39 is 0 Å². The van der Waals surface area contributed by atoms with E-state index in [1.807, 2.05) is 17.0 Å². The van der Waals surface area contributed by atoms with Crippen molar-refractivity contribution in [3.8, 4) is 0 Å². The van der Waals surface area contributed by atoms with Crippen molar-refractivity contribution in [1.82, 2.24) is 9.88 Å². The Kier molecular flexibility index (Phi) is 5.12. The molecule has 0 amide bonds. The Labute approximate surface area is 91.1 Å². The fourth-order valence-corrected chi connectivity index (χ4v) is 1.43. The summed E-state index contributed by atoms with van der Waals surface area (Å²) in [7, 11) is 0. The molecule has 1 aromatic rings. The fourth-order valence-electron chi connectivity index (χ4n) is 1.43. The molecule has 1 atom stereocenters. The number of hydrogen-bond donors (Lipinski definition) is 1. The molecule has 0 saturated carbocycles. The molecule has 84 valence electrons. The maximum Gasteiger partial charge on any atom is 0.181 e. The summed E-state index contributed by atoms with van der Waals surface area (Å²) in [4.78, 5) is 10.9. The minimum atomic E-state index is 0.0726. The van der Waals surface area contributed by atoms with Gasteiger partial charge in [-0.3, -0.25) is 4.79 Å². The predicted molar refractivity (Wildman–Crippen MR) is 63.1 cm³/mol. The summed E-state index contributed by atoms with van der Waals surface area (Å²) in [6, 6.07) is 3.73. The maximum atomic E-state index is 10.9. The molecule has 15 heavy (non-hydrogen) atoms. The topological polar surface area (TPSA) is 34.0 Å². The molecule has 1 heterocycles. The van der Waals surface area contributed by atoms with Gasteiger partial charge in [-0.25, -0.2) is 0 Å². The molecular formula is C12H20N2O. The van der Waals surface area contributed by atoms with Crippen molar-refractivity contribution in [2.45, 2.75) is 39.3 Å². The highest BCUT2D eigenvalue weighted by atomic mass is 16.1. The van der Waals surface area contributed by atoms with Crippen LogP contribution in [0.4, 0.5) is 0 Å².